The summed E-state index contributed by atoms with van der Waals surface area (Å²) in [4.78, 5) is 29.6. The van der Waals surface area contributed by atoms with E-state index in [1.54, 1.807) is 18.1 Å². The van der Waals surface area contributed by atoms with Gasteiger partial charge in [0.2, 0.25) is 11.5 Å². The Bertz CT molecular complexity index is 977. The molecule has 25 heavy (non-hydrogen) atoms. The lowest BCUT2D eigenvalue weighted by molar-refractivity contribution is -0.121. The van der Waals surface area contributed by atoms with Crippen LogP contribution in [0.3, 0.4) is 0 Å². The fourth-order valence-electron chi connectivity index (χ4n) is 5.16. The topological polar surface area (TPSA) is 62.4 Å². The van der Waals surface area contributed by atoms with Gasteiger partial charge in [-0.05, 0) is 42.9 Å². The summed E-state index contributed by atoms with van der Waals surface area (Å²) in [5.74, 6) is 1.15. The van der Waals surface area contributed by atoms with Crippen molar-refractivity contribution < 1.29 is 9.53 Å². The minimum absolute atomic E-state index is 0.0206. The molecule has 5 rings (SSSR count). The van der Waals surface area contributed by atoms with Crippen LogP contribution in [-0.2, 0) is 9.53 Å². The number of aromatic amines is 1. The van der Waals surface area contributed by atoms with Crippen LogP contribution >= 0.6 is 0 Å². The number of allylic oxidation sites excluding steroid dienone is 2. The second-order valence-corrected chi connectivity index (χ2v) is 7.43. The summed E-state index contributed by atoms with van der Waals surface area (Å²) in [6, 6.07) is 7.41. The fraction of sp³-hybridized carbons (Fsp3) is 0.400. The molecule has 5 atom stereocenters. The molecule has 1 saturated carbocycles. The summed E-state index contributed by atoms with van der Waals surface area (Å²) >= 11 is 0. The number of benzene rings is 1. The third-order valence-electron chi connectivity index (χ3n) is 6.18. The van der Waals surface area contributed by atoms with Gasteiger partial charge in [-0.1, -0.05) is 18.2 Å². The number of rotatable bonds is 2. The minimum Gasteiger partial charge on any atom is -0.361 e. The normalized spacial score (nSPS) is 32.8. The lowest BCUT2D eigenvalue weighted by Crippen LogP contribution is -2.38. The average Bonchev–Trinajstić information content (AvgIpc) is 3.26. The van der Waals surface area contributed by atoms with E-state index in [9.17, 15) is 9.59 Å². The average molecular weight is 336 g/mol. The molecule has 5 heteroatoms. The number of methoxy groups -OCH3 is 1. The largest absolute Gasteiger partial charge is 0.361 e. The van der Waals surface area contributed by atoms with Gasteiger partial charge in [0.15, 0.2) is 0 Å². The quantitative estimate of drug-likeness (QED) is 0.858. The number of nitrogens with zero attached hydrogens (tertiary/aromatic N) is 1. The van der Waals surface area contributed by atoms with Crippen molar-refractivity contribution in [3.63, 3.8) is 0 Å². The fourth-order valence-corrected chi connectivity index (χ4v) is 5.16. The zero-order chi connectivity index (χ0) is 17.3. The Balaban J connectivity index is 1.62. The summed E-state index contributed by atoms with van der Waals surface area (Å²) in [6.45, 7) is 1.92. The van der Waals surface area contributed by atoms with Crippen LogP contribution in [0.2, 0.25) is 0 Å². The van der Waals surface area contributed by atoms with Crippen LogP contribution in [0.25, 0.3) is 10.9 Å². The van der Waals surface area contributed by atoms with Gasteiger partial charge in [0.25, 0.3) is 0 Å². The molecule has 5 nitrogen and oxygen atoms in total. The summed E-state index contributed by atoms with van der Waals surface area (Å²) in [7, 11) is 1.68. The van der Waals surface area contributed by atoms with E-state index in [0.29, 0.717) is 11.8 Å². The van der Waals surface area contributed by atoms with Crippen LogP contribution in [0.1, 0.15) is 12.0 Å². The third kappa shape index (κ3) is 1.93. The number of hydrogen-bond donors (Lipinski definition) is 1. The SMILES string of the molecule is COC1C2C3C=CC(C3)C2C(=O)N1c1ccc2c(C)cc(=O)[nH]c2c1. The highest BCUT2D eigenvalue weighted by atomic mass is 16.5. The van der Waals surface area contributed by atoms with Crippen molar-refractivity contribution in [1.29, 1.82) is 0 Å². The molecule has 1 amide bonds. The van der Waals surface area contributed by atoms with E-state index in [4.69, 9.17) is 4.74 Å². The second kappa shape index (κ2) is 5.05. The van der Waals surface area contributed by atoms with E-state index in [1.807, 2.05) is 25.1 Å². The molecule has 1 N–H and O–H groups in total. The predicted molar refractivity (Wildman–Crippen MR) is 95.3 cm³/mol. The Morgan fingerprint density at radius 3 is 2.76 bits per heavy atom. The molecule has 2 fully saturated rings. The standard InChI is InChI=1S/C20H20N2O3/c1-10-7-16(23)21-15-9-13(5-6-14(10)15)22-19(24)17-11-3-4-12(8-11)18(17)20(22)25-2/h3-7,9,11-12,17-18,20H,8H2,1-2H3,(H,21,23). The maximum Gasteiger partial charge on any atom is 0.248 e. The van der Waals surface area contributed by atoms with Crippen LogP contribution in [0.4, 0.5) is 5.69 Å². The number of fused-ring (bicyclic) bond motifs is 6. The Hall–Kier alpha value is -2.40. The zero-order valence-corrected chi connectivity index (χ0v) is 14.2. The number of hydrogen-bond acceptors (Lipinski definition) is 3. The number of carbonyl (C=O) groups is 1. The van der Waals surface area contributed by atoms with Crippen molar-refractivity contribution in [3.8, 4) is 0 Å². The smallest absolute Gasteiger partial charge is 0.248 e. The lowest BCUT2D eigenvalue weighted by atomic mass is 9.85. The van der Waals surface area contributed by atoms with Crippen LogP contribution in [0, 0.1) is 30.6 Å². The van der Waals surface area contributed by atoms with Gasteiger partial charge in [0, 0.05) is 30.2 Å². The van der Waals surface area contributed by atoms with Gasteiger partial charge < -0.3 is 9.72 Å². The Kier molecular flexibility index (Phi) is 3.01. The third-order valence-corrected chi connectivity index (χ3v) is 6.18. The molecule has 0 radical (unpaired) electrons. The Morgan fingerprint density at radius 1 is 1.16 bits per heavy atom. The molecule has 1 aromatic carbocycles. The minimum atomic E-state index is -0.244. The van der Waals surface area contributed by atoms with E-state index in [0.717, 1.165) is 28.6 Å². The number of ether oxygens (including phenoxy) is 1. The van der Waals surface area contributed by atoms with E-state index in [2.05, 4.69) is 17.1 Å². The highest BCUT2D eigenvalue weighted by Crippen LogP contribution is 2.55. The summed E-state index contributed by atoms with van der Waals surface area (Å²) in [5, 5.41) is 0.992. The molecule has 0 spiro atoms. The van der Waals surface area contributed by atoms with Crippen molar-refractivity contribution in [1.82, 2.24) is 4.98 Å². The molecule has 1 aliphatic heterocycles. The highest BCUT2D eigenvalue weighted by Gasteiger charge is 2.59. The molecule has 1 saturated heterocycles. The van der Waals surface area contributed by atoms with Crippen molar-refractivity contribution in [2.45, 2.75) is 19.6 Å². The van der Waals surface area contributed by atoms with E-state index >= 15 is 0 Å². The first-order chi connectivity index (χ1) is 12.1. The molecule has 1 aromatic heterocycles. The molecule has 128 valence electrons. The van der Waals surface area contributed by atoms with Crippen LogP contribution < -0.4 is 10.5 Å². The van der Waals surface area contributed by atoms with Gasteiger partial charge in [-0.15, -0.1) is 0 Å². The molecule has 2 aliphatic carbocycles. The number of H-pyrrole nitrogens is 1. The maximum atomic E-state index is 13.2. The van der Waals surface area contributed by atoms with Crippen molar-refractivity contribution >= 4 is 22.5 Å². The Morgan fingerprint density at radius 2 is 1.96 bits per heavy atom. The van der Waals surface area contributed by atoms with Gasteiger partial charge in [0.1, 0.15) is 6.23 Å². The van der Waals surface area contributed by atoms with Gasteiger partial charge in [-0.3, -0.25) is 14.5 Å². The molecular weight excluding hydrogens is 316 g/mol. The maximum absolute atomic E-state index is 13.2. The van der Waals surface area contributed by atoms with Gasteiger partial charge >= 0.3 is 0 Å². The predicted octanol–water partition coefficient (Wildman–Crippen LogP) is 2.59. The highest BCUT2D eigenvalue weighted by molar-refractivity contribution is 6.00. The van der Waals surface area contributed by atoms with Gasteiger partial charge in [0.05, 0.1) is 11.4 Å². The van der Waals surface area contributed by atoms with Crippen LogP contribution in [-0.4, -0.2) is 24.2 Å². The van der Waals surface area contributed by atoms with Crippen LogP contribution in [0.15, 0.2) is 41.2 Å². The first kappa shape index (κ1) is 14.9. The lowest BCUT2D eigenvalue weighted by Gasteiger charge is -2.28. The van der Waals surface area contributed by atoms with Gasteiger partial charge in [-0.25, -0.2) is 0 Å². The molecule has 2 aromatic rings. The van der Waals surface area contributed by atoms with E-state index in [1.165, 1.54) is 0 Å². The number of aromatic nitrogens is 1. The number of pyridine rings is 1. The number of carbonyl (C=O) groups excluding carboxylic acids is 1. The van der Waals surface area contributed by atoms with Gasteiger partial charge in [-0.2, -0.15) is 0 Å². The molecular formula is C20H20N2O3. The van der Waals surface area contributed by atoms with Crippen molar-refractivity contribution in [3.05, 3.63) is 52.3 Å². The van der Waals surface area contributed by atoms with E-state index < -0.39 is 0 Å². The number of amides is 1. The number of nitrogens with one attached hydrogen (secondary N) is 1. The first-order valence-electron chi connectivity index (χ1n) is 8.76. The first-order valence-corrected chi connectivity index (χ1v) is 8.76. The van der Waals surface area contributed by atoms with Crippen molar-refractivity contribution in [2.24, 2.45) is 23.7 Å². The summed E-state index contributed by atoms with van der Waals surface area (Å²) < 4.78 is 5.77. The van der Waals surface area contributed by atoms with Crippen molar-refractivity contribution in [2.75, 3.05) is 12.0 Å². The summed E-state index contributed by atoms with van der Waals surface area (Å²) in [6.07, 6.45) is 5.27. The number of aryl methyl sites for hydroxylation is 1. The molecule has 2 heterocycles. The monoisotopic (exact) mass is 336 g/mol. The molecule has 5 unspecified atom stereocenters. The second-order valence-electron chi connectivity index (χ2n) is 7.43. The molecule has 2 bridgehead atoms. The van der Waals surface area contributed by atoms with E-state index in [-0.39, 0.29) is 29.5 Å². The Labute approximate surface area is 145 Å². The summed E-state index contributed by atoms with van der Waals surface area (Å²) in [5.41, 5.74) is 2.35. The number of anilines is 1. The molecule has 3 aliphatic rings. The zero-order valence-electron chi connectivity index (χ0n) is 14.2. The van der Waals surface area contributed by atoms with Crippen LogP contribution in [0.5, 0.6) is 0 Å².